The first-order valence-corrected chi connectivity index (χ1v) is 4.88. The summed E-state index contributed by atoms with van der Waals surface area (Å²) in [7, 11) is 3.23. The molecule has 0 atom stereocenters. The molecule has 0 amide bonds. The molecule has 0 aromatic heterocycles. The predicted molar refractivity (Wildman–Crippen MR) is 59.0 cm³/mol. The molecule has 0 fully saturated rings. The molecule has 3 nitrogen and oxygen atoms in total. The quantitative estimate of drug-likeness (QED) is 0.826. The van der Waals surface area contributed by atoms with Crippen LogP contribution in [0.1, 0.15) is 25.0 Å². The van der Waals surface area contributed by atoms with Crippen LogP contribution in [-0.4, -0.2) is 19.3 Å². The Bertz CT molecular complexity index is 326. The number of methoxy groups -OCH3 is 2. The van der Waals surface area contributed by atoms with Gasteiger partial charge in [-0.3, -0.25) is 0 Å². The number of ether oxygens (including phenoxy) is 2. The topological polar surface area (TPSA) is 38.7 Å². The third-order valence-corrected chi connectivity index (χ3v) is 2.24. The number of aliphatic hydroxyl groups is 1. The van der Waals surface area contributed by atoms with E-state index in [0.29, 0.717) is 12.4 Å². The predicted octanol–water partition coefficient (Wildman–Crippen LogP) is 2.07. The van der Waals surface area contributed by atoms with Crippen molar-refractivity contribution in [1.82, 2.24) is 0 Å². The molecule has 15 heavy (non-hydrogen) atoms. The summed E-state index contributed by atoms with van der Waals surface area (Å²) >= 11 is 0. The first-order chi connectivity index (χ1) is 7.00. The van der Waals surface area contributed by atoms with E-state index in [1.54, 1.807) is 28.1 Å². The Morgan fingerprint density at radius 1 is 1.27 bits per heavy atom. The zero-order valence-corrected chi connectivity index (χ0v) is 9.70. The summed E-state index contributed by atoms with van der Waals surface area (Å²) in [5, 5.41) is 10.1. The lowest BCUT2D eigenvalue weighted by Crippen LogP contribution is -2.19. The molecule has 0 spiro atoms. The number of hydrogen-bond donors (Lipinski definition) is 1. The Balaban J connectivity index is 3.27. The van der Waals surface area contributed by atoms with E-state index in [1.807, 2.05) is 18.2 Å². The van der Waals surface area contributed by atoms with Gasteiger partial charge in [0, 0.05) is 12.7 Å². The zero-order valence-electron chi connectivity index (χ0n) is 9.70. The van der Waals surface area contributed by atoms with Gasteiger partial charge >= 0.3 is 0 Å². The van der Waals surface area contributed by atoms with Gasteiger partial charge in [0.05, 0.1) is 19.3 Å². The maximum atomic E-state index is 10.1. The van der Waals surface area contributed by atoms with Gasteiger partial charge in [-0.25, -0.2) is 0 Å². The molecule has 3 heteroatoms. The van der Waals surface area contributed by atoms with Crippen LogP contribution in [0.25, 0.3) is 0 Å². The molecule has 84 valence electrons. The highest BCUT2D eigenvalue weighted by Crippen LogP contribution is 2.32. The van der Waals surface area contributed by atoms with Crippen LogP contribution in [0.3, 0.4) is 0 Å². The average molecular weight is 210 g/mol. The molecule has 0 aliphatic rings. The molecule has 1 rings (SSSR count). The smallest absolute Gasteiger partial charge is 0.125 e. The lowest BCUT2D eigenvalue weighted by atomic mass is 9.92. The number of rotatable bonds is 4. The Hall–Kier alpha value is -1.06. The fraction of sp³-hybridized carbons (Fsp3) is 0.500. The second kappa shape index (κ2) is 4.64. The van der Waals surface area contributed by atoms with Crippen molar-refractivity contribution in [2.75, 3.05) is 14.2 Å². The summed E-state index contributed by atoms with van der Waals surface area (Å²) in [6, 6.07) is 5.66. The molecule has 0 saturated carbocycles. The fourth-order valence-corrected chi connectivity index (χ4v) is 1.72. The zero-order chi connectivity index (χ0) is 11.5. The van der Waals surface area contributed by atoms with Gasteiger partial charge in [-0.2, -0.15) is 0 Å². The minimum atomic E-state index is -0.930. The summed E-state index contributed by atoms with van der Waals surface area (Å²) in [4.78, 5) is 0. The van der Waals surface area contributed by atoms with E-state index in [0.717, 1.165) is 11.1 Å². The Labute approximate surface area is 90.6 Å². The lowest BCUT2D eigenvalue weighted by Gasteiger charge is -2.24. The van der Waals surface area contributed by atoms with E-state index >= 15 is 0 Å². The van der Waals surface area contributed by atoms with Gasteiger partial charge in [-0.05, 0) is 25.5 Å². The molecule has 0 saturated heterocycles. The van der Waals surface area contributed by atoms with Crippen LogP contribution in [0.2, 0.25) is 0 Å². The second-order valence-corrected chi connectivity index (χ2v) is 3.99. The Morgan fingerprint density at radius 3 is 2.40 bits per heavy atom. The molecule has 1 aromatic rings. The minimum Gasteiger partial charge on any atom is -0.496 e. The van der Waals surface area contributed by atoms with Crippen molar-refractivity contribution in [2.45, 2.75) is 26.1 Å². The molecule has 0 bridgehead atoms. The average Bonchev–Trinajstić information content (AvgIpc) is 2.16. The van der Waals surface area contributed by atoms with E-state index in [4.69, 9.17) is 9.47 Å². The molecule has 0 heterocycles. The van der Waals surface area contributed by atoms with Crippen molar-refractivity contribution in [3.63, 3.8) is 0 Å². The monoisotopic (exact) mass is 210 g/mol. The normalized spacial score (nSPS) is 11.5. The summed E-state index contributed by atoms with van der Waals surface area (Å²) in [6.07, 6.45) is 0. The van der Waals surface area contributed by atoms with E-state index in [2.05, 4.69) is 0 Å². The first-order valence-electron chi connectivity index (χ1n) is 4.88. The molecule has 1 aromatic carbocycles. The van der Waals surface area contributed by atoms with Crippen LogP contribution in [0, 0.1) is 0 Å². The van der Waals surface area contributed by atoms with E-state index in [9.17, 15) is 5.11 Å². The SMILES string of the molecule is COCc1cccc(OC)c1C(C)(C)O. The Kier molecular flexibility index (Phi) is 3.72. The van der Waals surface area contributed by atoms with Crippen LogP contribution >= 0.6 is 0 Å². The third-order valence-electron chi connectivity index (χ3n) is 2.24. The third kappa shape index (κ3) is 2.70. The molecule has 1 N–H and O–H groups in total. The summed E-state index contributed by atoms with van der Waals surface area (Å²) in [5.74, 6) is 0.692. The van der Waals surface area contributed by atoms with E-state index in [1.165, 1.54) is 0 Å². The van der Waals surface area contributed by atoms with Gasteiger partial charge in [0.25, 0.3) is 0 Å². The van der Waals surface area contributed by atoms with Crippen molar-refractivity contribution >= 4 is 0 Å². The fourth-order valence-electron chi connectivity index (χ4n) is 1.72. The van der Waals surface area contributed by atoms with Gasteiger partial charge in [0.2, 0.25) is 0 Å². The van der Waals surface area contributed by atoms with Gasteiger partial charge in [-0.15, -0.1) is 0 Å². The molecule has 0 aliphatic heterocycles. The highest BCUT2D eigenvalue weighted by molar-refractivity contribution is 5.43. The Morgan fingerprint density at radius 2 is 1.93 bits per heavy atom. The van der Waals surface area contributed by atoms with Crippen LogP contribution in [0.4, 0.5) is 0 Å². The molecule has 0 aliphatic carbocycles. The van der Waals surface area contributed by atoms with Crippen molar-refractivity contribution in [3.05, 3.63) is 29.3 Å². The first kappa shape index (κ1) is 12.0. The van der Waals surface area contributed by atoms with Crippen molar-refractivity contribution in [1.29, 1.82) is 0 Å². The molecular weight excluding hydrogens is 192 g/mol. The standard InChI is InChI=1S/C12H18O3/c1-12(2,13)11-9(8-14-3)6-5-7-10(11)15-4/h5-7,13H,8H2,1-4H3. The van der Waals surface area contributed by atoms with Gasteiger partial charge in [0.15, 0.2) is 0 Å². The minimum absolute atomic E-state index is 0.469. The van der Waals surface area contributed by atoms with Crippen molar-refractivity contribution in [2.24, 2.45) is 0 Å². The van der Waals surface area contributed by atoms with Crippen LogP contribution in [0.5, 0.6) is 5.75 Å². The summed E-state index contributed by atoms with van der Waals surface area (Å²) < 4.78 is 10.3. The van der Waals surface area contributed by atoms with Crippen LogP contribution in [0.15, 0.2) is 18.2 Å². The van der Waals surface area contributed by atoms with Gasteiger partial charge < -0.3 is 14.6 Å². The summed E-state index contributed by atoms with van der Waals surface area (Å²) in [6.45, 7) is 3.95. The van der Waals surface area contributed by atoms with Gasteiger partial charge in [0.1, 0.15) is 5.75 Å². The molecule has 0 radical (unpaired) electrons. The van der Waals surface area contributed by atoms with Crippen molar-refractivity contribution < 1.29 is 14.6 Å². The van der Waals surface area contributed by atoms with Crippen molar-refractivity contribution in [3.8, 4) is 5.75 Å². The van der Waals surface area contributed by atoms with Crippen LogP contribution in [-0.2, 0) is 16.9 Å². The second-order valence-electron chi connectivity index (χ2n) is 3.99. The molecule has 0 unspecified atom stereocenters. The lowest BCUT2D eigenvalue weighted by molar-refractivity contribution is 0.0716. The highest BCUT2D eigenvalue weighted by atomic mass is 16.5. The maximum Gasteiger partial charge on any atom is 0.125 e. The van der Waals surface area contributed by atoms with E-state index in [-0.39, 0.29) is 0 Å². The molecular formula is C12H18O3. The van der Waals surface area contributed by atoms with Crippen LogP contribution < -0.4 is 4.74 Å². The number of benzene rings is 1. The van der Waals surface area contributed by atoms with E-state index < -0.39 is 5.60 Å². The van der Waals surface area contributed by atoms with Gasteiger partial charge in [-0.1, -0.05) is 12.1 Å². The number of hydrogen-bond acceptors (Lipinski definition) is 3. The largest absolute Gasteiger partial charge is 0.496 e. The highest BCUT2D eigenvalue weighted by Gasteiger charge is 2.24. The maximum absolute atomic E-state index is 10.1. The summed E-state index contributed by atoms with van der Waals surface area (Å²) in [5.41, 5.74) is 0.805.